The first kappa shape index (κ1) is 25.5. The maximum absolute atomic E-state index is 13.4. The number of ketones is 1. The number of halogens is 1. The van der Waals surface area contributed by atoms with Gasteiger partial charge in [-0.1, -0.05) is 68.8 Å². The number of rotatable bonds is 5. The van der Waals surface area contributed by atoms with Crippen LogP contribution in [0.15, 0.2) is 72.3 Å². The summed E-state index contributed by atoms with van der Waals surface area (Å²) in [5.74, 6) is -1.12. The van der Waals surface area contributed by atoms with Crippen LogP contribution in [0.3, 0.4) is 0 Å². The largest absolute Gasteiger partial charge is 0.507 e. The molecule has 4 rings (SSSR count). The highest BCUT2D eigenvalue weighted by atomic mass is 35.5. The molecule has 0 saturated carbocycles. The summed E-state index contributed by atoms with van der Waals surface area (Å²) < 4.78 is 5.57. The highest BCUT2D eigenvalue weighted by molar-refractivity contribution is 6.51. The molecule has 6 heteroatoms. The molecular formula is C30H30ClNO4. The second-order valence-electron chi connectivity index (χ2n) is 9.93. The number of anilines is 1. The van der Waals surface area contributed by atoms with Crippen molar-refractivity contribution in [3.8, 4) is 5.75 Å². The number of carbonyl (C=O) groups is 2. The van der Waals surface area contributed by atoms with Crippen molar-refractivity contribution in [2.75, 3.05) is 11.5 Å². The van der Waals surface area contributed by atoms with Gasteiger partial charge in [0.1, 0.15) is 11.5 Å². The second kappa shape index (κ2) is 9.82. The molecule has 1 fully saturated rings. The van der Waals surface area contributed by atoms with E-state index >= 15 is 0 Å². The summed E-state index contributed by atoms with van der Waals surface area (Å²) in [6.45, 7) is 10.5. The van der Waals surface area contributed by atoms with Crippen LogP contribution in [0, 0.1) is 6.92 Å². The van der Waals surface area contributed by atoms with Gasteiger partial charge < -0.3 is 9.84 Å². The Kier molecular flexibility index (Phi) is 6.96. The van der Waals surface area contributed by atoms with Gasteiger partial charge in [0, 0.05) is 16.3 Å². The van der Waals surface area contributed by atoms with Crippen molar-refractivity contribution in [2.45, 2.75) is 46.1 Å². The predicted molar refractivity (Wildman–Crippen MR) is 144 cm³/mol. The fourth-order valence-corrected chi connectivity index (χ4v) is 4.73. The first-order valence-electron chi connectivity index (χ1n) is 11.9. The van der Waals surface area contributed by atoms with Crippen molar-refractivity contribution in [1.29, 1.82) is 0 Å². The lowest BCUT2D eigenvalue weighted by molar-refractivity contribution is -0.132. The number of benzene rings is 3. The Morgan fingerprint density at radius 3 is 2.33 bits per heavy atom. The van der Waals surface area contributed by atoms with E-state index < -0.39 is 17.7 Å². The summed E-state index contributed by atoms with van der Waals surface area (Å²) >= 11 is 6.17. The van der Waals surface area contributed by atoms with Crippen molar-refractivity contribution < 1.29 is 19.4 Å². The average Bonchev–Trinajstić information content (AvgIpc) is 3.09. The standard InChI is InChI=1S/C30H30ClNO4/c1-6-36-23-9-7-8-20(17-23)27(33)25-26(19-10-12-21(13-11-19)30(3,4)5)32(29(35)28(25)34)24-15-14-22(31)16-18(24)2/h7-17,26,33H,6H2,1-5H3/b27-25+. The van der Waals surface area contributed by atoms with E-state index in [9.17, 15) is 14.7 Å². The van der Waals surface area contributed by atoms with Crippen molar-refractivity contribution in [1.82, 2.24) is 0 Å². The van der Waals surface area contributed by atoms with E-state index in [2.05, 4.69) is 20.8 Å². The van der Waals surface area contributed by atoms with Crippen LogP contribution < -0.4 is 9.64 Å². The number of nitrogens with zero attached hydrogens (tertiary/aromatic N) is 1. The van der Waals surface area contributed by atoms with Crippen molar-refractivity contribution in [3.63, 3.8) is 0 Å². The molecule has 0 spiro atoms. The molecule has 36 heavy (non-hydrogen) atoms. The molecular weight excluding hydrogens is 474 g/mol. The summed E-state index contributed by atoms with van der Waals surface area (Å²) in [5, 5.41) is 11.9. The van der Waals surface area contributed by atoms with Gasteiger partial charge in [0.15, 0.2) is 0 Å². The highest BCUT2D eigenvalue weighted by Gasteiger charge is 2.47. The van der Waals surface area contributed by atoms with E-state index in [1.807, 2.05) is 38.1 Å². The topological polar surface area (TPSA) is 66.8 Å². The van der Waals surface area contributed by atoms with Gasteiger partial charge in [-0.05, 0) is 66.3 Å². The molecule has 3 aromatic rings. The van der Waals surface area contributed by atoms with Crippen LogP contribution in [-0.2, 0) is 15.0 Å². The minimum Gasteiger partial charge on any atom is -0.507 e. The first-order chi connectivity index (χ1) is 17.0. The number of amides is 1. The summed E-state index contributed by atoms with van der Waals surface area (Å²) in [6.07, 6.45) is 0. The second-order valence-corrected chi connectivity index (χ2v) is 10.4. The van der Waals surface area contributed by atoms with Crippen LogP contribution in [0.2, 0.25) is 5.02 Å². The summed E-state index contributed by atoms with van der Waals surface area (Å²) in [6, 6.07) is 19.1. The lowest BCUT2D eigenvalue weighted by atomic mass is 9.85. The molecule has 186 valence electrons. The molecule has 1 amide bonds. The fourth-order valence-electron chi connectivity index (χ4n) is 4.51. The van der Waals surface area contributed by atoms with Crippen LogP contribution >= 0.6 is 11.6 Å². The molecule has 0 bridgehead atoms. The zero-order valence-corrected chi connectivity index (χ0v) is 21.9. The van der Waals surface area contributed by atoms with Gasteiger partial charge in [-0.2, -0.15) is 0 Å². The molecule has 0 aromatic heterocycles. The smallest absolute Gasteiger partial charge is 0.300 e. The normalized spacial score (nSPS) is 17.5. The molecule has 1 aliphatic heterocycles. The van der Waals surface area contributed by atoms with Gasteiger partial charge in [-0.25, -0.2) is 0 Å². The SMILES string of the molecule is CCOc1cccc(/C(O)=C2\C(=O)C(=O)N(c3ccc(Cl)cc3C)C2c2ccc(C(C)(C)C)cc2)c1. The van der Waals surface area contributed by atoms with Gasteiger partial charge in [-0.15, -0.1) is 0 Å². The molecule has 0 radical (unpaired) electrons. The van der Waals surface area contributed by atoms with Crippen molar-refractivity contribution in [3.05, 3.63) is 99.6 Å². The molecule has 3 aromatic carbocycles. The Bertz CT molecular complexity index is 1350. The van der Waals surface area contributed by atoms with Crippen LogP contribution in [0.4, 0.5) is 5.69 Å². The molecule has 1 unspecified atom stereocenters. The third-order valence-electron chi connectivity index (χ3n) is 6.37. The Balaban J connectivity index is 1.94. The van der Waals surface area contributed by atoms with Crippen molar-refractivity contribution >= 4 is 34.7 Å². The zero-order chi connectivity index (χ0) is 26.2. The van der Waals surface area contributed by atoms with E-state index in [1.54, 1.807) is 42.5 Å². The first-order valence-corrected chi connectivity index (χ1v) is 12.3. The third-order valence-corrected chi connectivity index (χ3v) is 6.61. The van der Waals surface area contributed by atoms with E-state index in [0.29, 0.717) is 28.6 Å². The molecule has 1 heterocycles. The van der Waals surface area contributed by atoms with Crippen LogP contribution in [0.5, 0.6) is 5.75 Å². The van der Waals surface area contributed by atoms with E-state index in [-0.39, 0.29) is 16.7 Å². The molecule has 1 atom stereocenters. The van der Waals surface area contributed by atoms with Gasteiger partial charge in [0.2, 0.25) is 0 Å². The Hall–Kier alpha value is -3.57. The average molecular weight is 504 g/mol. The van der Waals surface area contributed by atoms with Crippen molar-refractivity contribution in [2.24, 2.45) is 0 Å². The molecule has 1 aliphatic rings. The maximum Gasteiger partial charge on any atom is 0.300 e. The van der Waals surface area contributed by atoms with Gasteiger partial charge in [0.05, 0.1) is 18.2 Å². The highest BCUT2D eigenvalue weighted by Crippen LogP contribution is 2.44. The molecule has 1 N–H and O–H groups in total. The number of aliphatic hydroxyl groups is 1. The van der Waals surface area contributed by atoms with Crippen LogP contribution in [0.1, 0.15) is 56.0 Å². The Labute approximate surface area is 217 Å². The number of Topliss-reactive ketones (excluding diaryl/α,β-unsaturated/α-hetero) is 1. The minimum atomic E-state index is -0.811. The Morgan fingerprint density at radius 2 is 1.72 bits per heavy atom. The third kappa shape index (κ3) is 4.76. The van der Waals surface area contributed by atoms with Crippen LogP contribution in [-0.4, -0.2) is 23.4 Å². The quantitative estimate of drug-likeness (QED) is 0.232. The maximum atomic E-state index is 13.4. The van der Waals surface area contributed by atoms with E-state index in [4.69, 9.17) is 16.3 Å². The fraction of sp³-hybridized carbons (Fsp3) is 0.267. The van der Waals surface area contributed by atoms with Gasteiger partial charge in [0.25, 0.3) is 11.7 Å². The minimum absolute atomic E-state index is 0.0338. The summed E-state index contributed by atoms with van der Waals surface area (Å²) in [5.41, 5.74) is 3.53. The summed E-state index contributed by atoms with van der Waals surface area (Å²) in [4.78, 5) is 28.3. The number of aliphatic hydroxyl groups excluding tert-OH is 1. The molecule has 5 nitrogen and oxygen atoms in total. The van der Waals surface area contributed by atoms with Crippen LogP contribution in [0.25, 0.3) is 5.76 Å². The van der Waals surface area contributed by atoms with Gasteiger partial charge >= 0.3 is 0 Å². The van der Waals surface area contributed by atoms with E-state index in [0.717, 1.165) is 16.7 Å². The summed E-state index contributed by atoms with van der Waals surface area (Å²) in [7, 11) is 0. The zero-order valence-electron chi connectivity index (χ0n) is 21.1. The lowest BCUT2D eigenvalue weighted by Crippen LogP contribution is -2.30. The lowest BCUT2D eigenvalue weighted by Gasteiger charge is -2.28. The van der Waals surface area contributed by atoms with Gasteiger partial charge in [-0.3, -0.25) is 14.5 Å². The number of hydrogen-bond acceptors (Lipinski definition) is 4. The Morgan fingerprint density at radius 1 is 1.03 bits per heavy atom. The number of carbonyl (C=O) groups excluding carboxylic acids is 2. The number of hydrogen-bond donors (Lipinski definition) is 1. The predicted octanol–water partition coefficient (Wildman–Crippen LogP) is 6.97. The number of aryl methyl sites for hydroxylation is 1. The molecule has 0 aliphatic carbocycles. The molecule has 1 saturated heterocycles. The monoisotopic (exact) mass is 503 g/mol. The van der Waals surface area contributed by atoms with E-state index in [1.165, 1.54) is 4.90 Å². The number of ether oxygens (including phenoxy) is 1.